The average Bonchev–Trinajstić information content (AvgIpc) is 2.79. The molecule has 0 bridgehead atoms. The highest BCUT2D eigenvalue weighted by Gasteiger charge is 2.26. The number of nitrogens with zero attached hydrogens (tertiary/aromatic N) is 4. The lowest BCUT2D eigenvalue weighted by Crippen LogP contribution is -2.38. The third-order valence-corrected chi connectivity index (χ3v) is 5.40. The zero-order chi connectivity index (χ0) is 21.6. The maximum Gasteiger partial charge on any atom is 0.186 e. The SMILES string of the molecule is COc1ccc2nc(/C=C\c3cccnc3)nc(NC3CCCCC3N=C(N)N)c2c1. The van der Waals surface area contributed by atoms with Crippen molar-refractivity contribution in [2.75, 3.05) is 12.4 Å². The Morgan fingerprint density at radius 1 is 1.16 bits per heavy atom. The largest absolute Gasteiger partial charge is 0.497 e. The van der Waals surface area contributed by atoms with Crippen molar-refractivity contribution in [3.05, 3.63) is 54.1 Å². The molecule has 0 spiro atoms. The topological polar surface area (TPSA) is 124 Å². The van der Waals surface area contributed by atoms with E-state index < -0.39 is 0 Å². The van der Waals surface area contributed by atoms with E-state index in [0.29, 0.717) is 5.82 Å². The molecule has 0 radical (unpaired) electrons. The summed E-state index contributed by atoms with van der Waals surface area (Å²) in [4.78, 5) is 18.1. The van der Waals surface area contributed by atoms with Gasteiger partial charge in [0.2, 0.25) is 0 Å². The van der Waals surface area contributed by atoms with Crippen molar-refractivity contribution in [2.24, 2.45) is 16.5 Å². The van der Waals surface area contributed by atoms with Crippen LogP contribution in [0.3, 0.4) is 0 Å². The van der Waals surface area contributed by atoms with Gasteiger partial charge >= 0.3 is 0 Å². The van der Waals surface area contributed by atoms with Gasteiger partial charge in [0.25, 0.3) is 0 Å². The van der Waals surface area contributed by atoms with E-state index in [1.54, 1.807) is 19.5 Å². The predicted octanol–water partition coefficient (Wildman–Crippen LogP) is 3.20. The van der Waals surface area contributed by atoms with Crippen molar-refractivity contribution in [1.82, 2.24) is 15.0 Å². The van der Waals surface area contributed by atoms with Gasteiger partial charge in [0.1, 0.15) is 11.6 Å². The van der Waals surface area contributed by atoms with Crippen molar-refractivity contribution >= 4 is 34.8 Å². The Balaban J connectivity index is 1.72. The molecule has 2 heterocycles. The van der Waals surface area contributed by atoms with E-state index in [9.17, 15) is 0 Å². The van der Waals surface area contributed by atoms with Crippen molar-refractivity contribution in [1.29, 1.82) is 0 Å². The van der Waals surface area contributed by atoms with E-state index >= 15 is 0 Å². The number of pyridine rings is 1. The molecule has 0 saturated heterocycles. The van der Waals surface area contributed by atoms with Crippen molar-refractivity contribution in [3.63, 3.8) is 0 Å². The van der Waals surface area contributed by atoms with Gasteiger partial charge < -0.3 is 21.5 Å². The summed E-state index contributed by atoms with van der Waals surface area (Å²) >= 11 is 0. The molecule has 31 heavy (non-hydrogen) atoms. The maximum atomic E-state index is 5.67. The van der Waals surface area contributed by atoms with Gasteiger partial charge in [-0.2, -0.15) is 0 Å². The van der Waals surface area contributed by atoms with Crippen LogP contribution in [0.25, 0.3) is 23.1 Å². The molecule has 2 atom stereocenters. The molecule has 5 N–H and O–H groups in total. The zero-order valence-corrected chi connectivity index (χ0v) is 17.5. The number of nitrogens with two attached hydrogens (primary N) is 2. The Labute approximate surface area is 181 Å². The van der Waals surface area contributed by atoms with E-state index in [2.05, 4.69) is 15.3 Å². The Hall–Kier alpha value is -3.68. The van der Waals surface area contributed by atoms with Crippen molar-refractivity contribution in [3.8, 4) is 5.75 Å². The van der Waals surface area contributed by atoms with E-state index in [4.69, 9.17) is 26.2 Å². The Morgan fingerprint density at radius 2 is 2.03 bits per heavy atom. The summed E-state index contributed by atoms with van der Waals surface area (Å²) < 4.78 is 5.42. The number of guanidine groups is 1. The molecule has 2 unspecified atom stereocenters. The molecule has 4 rings (SSSR count). The van der Waals surface area contributed by atoms with Crippen LogP contribution in [0.4, 0.5) is 5.82 Å². The molecule has 3 aromatic rings. The highest BCUT2D eigenvalue weighted by Crippen LogP contribution is 2.29. The summed E-state index contributed by atoms with van der Waals surface area (Å²) in [6, 6.07) is 9.78. The van der Waals surface area contributed by atoms with Gasteiger partial charge in [0.15, 0.2) is 11.8 Å². The molecular weight excluding hydrogens is 390 g/mol. The zero-order valence-electron chi connectivity index (χ0n) is 17.5. The number of rotatable bonds is 6. The van der Waals surface area contributed by atoms with E-state index in [-0.39, 0.29) is 18.0 Å². The fourth-order valence-corrected chi connectivity index (χ4v) is 3.88. The van der Waals surface area contributed by atoms with Crippen LogP contribution in [0, 0.1) is 0 Å². The van der Waals surface area contributed by atoms with Crippen LogP contribution in [-0.2, 0) is 0 Å². The smallest absolute Gasteiger partial charge is 0.186 e. The molecule has 0 aliphatic heterocycles. The number of nitrogens with one attached hydrogen (secondary N) is 1. The molecule has 8 nitrogen and oxygen atoms in total. The van der Waals surface area contributed by atoms with Gasteiger partial charge in [0, 0.05) is 17.8 Å². The van der Waals surface area contributed by atoms with Gasteiger partial charge in [-0.25, -0.2) is 15.0 Å². The van der Waals surface area contributed by atoms with Crippen LogP contribution in [0.5, 0.6) is 5.75 Å². The van der Waals surface area contributed by atoms with Crippen LogP contribution in [0.15, 0.2) is 47.7 Å². The minimum absolute atomic E-state index is 0.0174. The molecule has 160 valence electrons. The standard InChI is InChI=1S/C23H27N7O/c1-31-16-9-10-18-17(13-16)22(28-19-6-2-3-7-20(19)29-23(24)25)30-21(27-18)11-8-15-5-4-12-26-14-15/h4-5,8-14,19-20H,2-3,6-7H2,1H3,(H4,24,25,29)(H,27,28,30)/b11-8-. The number of benzene rings is 1. The van der Waals surface area contributed by atoms with Gasteiger partial charge in [-0.05, 0) is 54.8 Å². The summed E-state index contributed by atoms with van der Waals surface area (Å²) in [5.41, 5.74) is 13.2. The fraction of sp³-hybridized carbons (Fsp3) is 0.304. The highest BCUT2D eigenvalue weighted by molar-refractivity contribution is 5.91. The molecule has 1 aliphatic carbocycles. The van der Waals surface area contributed by atoms with Gasteiger partial charge in [-0.15, -0.1) is 0 Å². The van der Waals surface area contributed by atoms with Crippen LogP contribution in [0.2, 0.25) is 0 Å². The van der Waals surface area contributed by atoms with Crippen LogP contribution in [-0.4, -0.2) is 40.1 Å². The molecule has 8 heteroatoms. The molecule has 0 amide bonds. The first-order chi connectivity index (χ1) is 15.1. The Bertz CT molecular complexity index is 1090. The summed E-state index contributed by atoms with van der Waals surface area (Å²) in [5.74, 6) is 2.23. The minimum Gasteiger partial charge on any atom is -0.497 e. The summed E-state index contributed by atoms with van der Waals surface area (Å²) in [6.45, 7) is 0. The summed E-state index contributed by atoms with van der Waals surface area (Å²) in [7, 11) is 1.65. The number of methoxy groups -OCH3 is 1. The highest BCUT2D eigenvalue weighted by atomic mass is 16.5. The van der Waals surface area contributed by atoms with Gasteiger partial charge in [-0.1, -0.05) is 18.9 Å². The monoisotopic (exact) mass is 417 g/mol. The summed E-state index contributed by atoms with van der Waals surface area (Å²) in [5, 5.41) is 4.49. The maximum absolute atomic E-state index is 5.67. The van der Waals surface area contributed by atoms with Gasteiger partial charge in [-0.3, -0.25) is 4.98 Å². The lowest BCUT2D eigenvalue weighted by molar-refractivity contribution is 0.405. The molecule has 1 fully saturated rings. The number of ether oxygens (including phenoxy) is 1. The molecule has 1 aliphatic rings. The molecular formula is C23H27N7O. The van der Waals surface area contributed by atoms with E-state index in [1.807, 2.05) is 42.5 Å². The fourth-order valence-electron chi connectivity index (χ4n) is 3.88. The normalized spacial score (nSPS) is 18.7. The van der Waals surface area contributed by atoms with E-state index in [1.165, 1.54) is 0 Å². The first-order valence-corrected chi connectivity index (χ1v) is 10.4. The number of hydrogen-bond donors (Lipinski definition) is 3. The van der Waals surface area contributed by atoms with Crippen LogP contribution >= 0.6 is 0 Å². The first kappa shape index (κ1) is 20.6. The lowest BCUT2D eigenvalue weighted by Gasteiger charge is -2.30. The third kappa shape index (κ3) is 5.09. The Kier molecular flexibility index (Phi) is 6.26. The second kappa shape index (κ2) is 9.42. The molecule has 2 aromatic heterocycles. The second-order valence-electron chi connectivity index (χ2n) is 7.59. The summed E-state index contributed by atoms with van der Waals surface area (Å²) in [6.07, 6.45) is 11.5. The predicted molar refractivity (Wildman–Crippen MR) is 125 cm³/mol. The van der Waals surface area contributed by atoms with Crippen molar-refractivity contribution < 1.29 is 4.74 Å². The van der Waals surface area contributed by atoms with Crippen LogP contribution in [0.1, 0.15) is 37.1 Å². The number of fused-ring (bicyclic) bond motifs is 1. The second-order valence-corrected chi connectivity index (χ2v) is 7.59. The molecule has 1 saturated carbocycles. The molecule has 1 aromatic carbocycles. The van der Waals surface area contributed by atoms with Crippen molar-refractivity contribution in [2.45, 2.75) is 37.8 Å². The lowest BCUT2D eigenvalue weighted by atomic mass is 9.90. The third-order valence-electron chi connectivity index (χ3n) is 5.40. The number of aromatic nitrogens is 3. The quantitative estimate of drug-likeness (QED) is 0.415. The Morgan fingerprint density at radius 3 is 2.81 bits per heavy atom. The number of anilines is 1. The number of aliphatic imine (C=N–C) groups is 1. The van der Waals surface area contributed by atoms with Gasteiger partial charge in [0.05, 0.1) is 24.7 Å². The van der Waals surface area contributed by atoms with E-state index in [0.717, 1.165) is 53.7 Å². The number of hydrogen-bond acceptors (Lipinski definition) is 6. The average molecular weight is 418 g/mol. The minimum atomic E-state index is 0.0174. The van der Waals surface area contributed by atoms with Crippen LogP contribution < -0.4 is 21.5 Å². The first-order valence-electron chi connectivity index (χ1n) is 10.4.